The van der Waals surface area contributed by atoms with Crippen molar-refractivity contribution in [2.45, 2.75) is 6.92 Å². The van der Waals surface area contributed by atoms with Crippen molar-refractivity contribution in [3.63, 3.8) is 0 Å². The summed E-state index contributed by atoms with van der Waals surface area (Å²) in [6, 6.07) is 5.11. The third-order valence-electron chi connectivity index (χ3n) is 1.40. The molecule has 0 saturated heterocycles. The van der Waals surface area contributed by atoms with Crippen LogP contribution < -0.4 is 4.74 Å². The van der Waals surface area contributed by atoms with E-state index in [1.54, 1.807) is 12.1 Å². The van der Waals surface area contributed by atoms with E-state index >= 15 is 0 Å². The van der Waals surface area contributed by atoms with E-state index in [1.165, 1.54) is 0 Å². The van der Waals surface area contributed by atoms with E-state index in [1.807, 2.05) is 13.0 Å². The van der Waals surface area contributed by atoms with E-state index in [4.69, 9.17) is 4.74 Å². The van der Waals surface area contributed by atoms with Crippen molar-refractivity contribution in [2.24, 2.45) is 0 Å². The second-order valence-electron chi connectivity index (χ2n) is 2.86. The Kier molecular flexibility index (Phi) is 3.37. The SMILES string of the molecule is C=C(C)COc1ccc(Br)cc1O. The average Bonchev–Trinajstić information content (AvgIpc) is 2.02. The van der Waals surface area contributed by atoms with Gasteiger partial charge in [-0.15, -0.1) is 0 Å². The molecule has 0 aliphatic heterocycles. The van der Waals surface area contributed by atoms with Gasteiger partial charge in [0.05, 0.1) is 0 Å². The van der Waals surface area contributed by atoms with Crippen molar-refractivity contribution in [3.8, 4) is 11.5 Å². The first-order chi connectivity index (χ1) is 6.09. The molecule has 0 saturated carbocycles. The molecule has 0 aliphatic carbocycles. The number of rotatable bonds is 3. The molecule has 0 fully saturated rings. The molecule has 0 atom stereocenters. The van der Waals surface area contributed by atoms with Crippen LogP contribution >= 0.6 is 15.9 Å². The highest BCUT2D eigenvalue weighted by Crippen LogP contribution is 2.29. The van der Waals surface area contributed by atoms with E-state index in [2.05, 4.69) is 22.5 Å². The predicted molar refractivity (Wildman–Crippen MR) is 56.1 cm³/mol. The molecule has 0 amide bonds. The molecule has 0 bridgehead atoms. The zero-order valence-corrected chi connectivity index (χ0v) is 8.97. The van der Waals surface area contributed by atoms with Crippen LogP contribution in [-0.2, 0) is 0 Å². The molecular weight excluding hydrogens is 232 g/mol. The Hall–Kier alpha value is -0.960. The molecule has 1 N–H and O–H groups in total. The molecule has 0 aromatic heterocycles. The first-order valence-corrected chi connectivity index (χ1v) is 4.64. The van der Waals surface area contributed by atoms with Gasteiger partial charge in [-0.05, 0) is 30.7 Å². The molecule has 3 heteroatoms. The lowest BCUT2D eigenvalue weighted by Gasteiger charge is -2.07. The lowest BCUT2D eigenvalue weighted by Crippen LogP contribution is -1.97. The van der Waals surface area contributed by atoms with Gasteiger partial charge in [0.1, 0.15) is 6.61 Å². The topological polar surface area (TPSA) is 29.5 Å². The number of hydrogen-bond acceptors (Lipinski definition) is 2. The maximum Gasteiger partial charge on any atom is 0.161 e. The highest BCUT2D eigenvalue weighted by atomic mass is 79.9. The van der Waals surface area contributed by atoms with Gasteiger partial charge in [0, 0.05) is 4.47 Å². The second-order valence-corrected chi connectivity index (χ2v) is 3.77. The smallest absolute Gasteiger partial charge is 0.161 e. The third-order valence-corrected chi connectivity index (χ3v) is 1.89. The van der Waals surface area contributed by atoms with Gasteiger partial charge >= 0.3 is 0 Å². The van der Waals surface area contributed by atoms with Crippen molar-refractivity contribution in [2.75, 3.05) is 6.61 Å². The highest BCUT2D eigenvalue weighted by Gasteiger charge is 2.01. The molecule has 1 aromatic rings. The molecule has 2 nitrogen and oxygen atoms in total. The summed E-state index contributed by atoms with van der Waals surface area (Å²) >= 11 is 3.24. The van der Waals surface area contributed by atoms with Gasteiger partial charge in [-0.3, -0.25) is 0 Å². The lowest BCUT2D eigenvalue weighted by atomic mass is 10.3. The molecule has 13 heavy (non-hydrogen) atoms. The molecular formula is C10H11BrO2. The van der Waals surface area contributed by atoms with Crippen LogP contribution in [0.3, 0.4) is 0 Å². The second kappa shape index (κ2) is 4.33. The molecule has 0 unspecified atom stereocenters. The van der Waals surface area contributed by atoms with Gasteiger partial charge in [-0.2, -0.15) is 0 Å². The maximum absolute atomic E-state index is 9.42. The van der Waals surface area contributed by atoms with Crippen molar-refractivity contribution >= 4 is 15.9 Å². The van der Waals surface area contributed by atoms with Crippen molar-refractivity contribution in [3.05, 3.63) is 34.8 Å². The minimum absolute atomic E-state index is 0.135. The van der Waals surface area contributed by atoms with E-state index in [-0.39, 0.29) is 5.75 Å². The van der Waals surface area contributed by atoms with Gasteiger partial charge in [0.25, 0.3) is 0 Å². The van der Waals surface area contributed by atoms with E-state index in [0.717, 1.165) is 10.0 Å². The molecule has 1 aromatic carbocycles. The standard InChI is InChI=1S/C10H11BrO2/c1-7(2)6-13-10-4-3-8(11)5-9(10)12/h3-5,12H,1,6H2,2H3. The van der Waals surface area contributed by atoms with Gasteiger partial charge in [-0.1, -0.05) is 22.5 Å². The number of halogens is 1. The summed E-state index contributed by atoms with van der Waals surface area (Å²) in [6.45, 7) is 6.00. The summed E-state index contributed by atoms with van der Waals surface area (Å²) in [4.78, 5) is 0. The van der Waals surface area contributed by atoms with Crippen LogP contribution in [0.2, 0.25) is 0 Å². The Morgan fingerprint density at radius 1 is 1.62 bits per heavy atom. The molecule has 0 aliphatic rings. The van der Waals surface area contributed by atoms with Crippen LogP contribution in [0.15, 0.2) is 34.8 Å². The number of benzene rings is 1. The van der Waals surface area contributed by atoms with Gasteiger partial charge in [0.2, 0.25) is 0 Å². The molecule has 70 valence electrons. The van der Waals surface area contributed by atoms with Crippen molar-refractivity contribution in [1.82, 2.24) is 0 Å². The summed E-state index contributed by atoms with van der Waals surface area (Å²) in [7, 11) is 0. The predicted octanol–water partition coefficient (Wildman–Crippen LogP) is 3.11. The van der Waals surface area contributed by atoms with Crippen LogP contribution in [0.25, 0.3) is 0 Å². The fourth-order valence-corrected chi connectivity index (χ4v) is 1.16. The minimum atomic E-state index is 0.135. The van der Waals surface area contributed by atoms with Crippen LogP contribution in [0.4, 0.5) is 0 Å². The van der Waals surface area contributed by atoms with Crippen LogP contribution in [0.5, 0.6) is 11.5 Å². The fraction of sp³-hybridized carbons (Fsp3) is 0.200. The zero-order valence-electron chi connectivity index (χ0n) is 7.38. The first kappa shape index (κ1) is 10.1. The Balaban J connectivity index is 2.72. The van der Waals surface area contributed by atoms with Crippen LogP contribution in [-0.4, -0.2) is 11.7 Å². The number of ether oxygens (including phenoxy) is 1. The highest BCUT2D eigenvalue weighted by molar-refractivity contribution is 9.10. The Labute approximate surface area is 86.0 Å². The molecule has 0 radical (unpaired) electrons. The Morgan fingerprint density at radius 3 is 2.85 bits per heavy atom. The number of hydrogen-bond donors (Lipinski definition) is 1. The zero-order chi connectivity index (χ0) is 9.84. The van der Waals surface area contributed by atoms with Gasteiger partial charge < -0.3 is 9.84 Å². The number of phenolic OH excluding ortho intramolecular Hbond substituents is 1. The van der Waals surface area contributed by atoms with Gasteiger partial charge in [-0.25, -0.2) is 0 Å². The van der Waals surface area contributed by atoms with E-state index in [9.17, 15) is 5.11 Å². The maximum atomic E-state index is 9.42. The number of phenols is 1. The summed E-state index contributed by atoms with van der Waals surface area (Å²) in [5.74, 6) is 0.613. The number of aromatic hydroxyl groups is 1. The summed E-state index contributed by atoms with van der Waals surface area (Å²) in [5, 5.41) is 9.42. The first-order valence-electron chi connectivity index (χ1n) is 3.85. The minimum Gasteiger partial charge on any atom is -0.504 e. The molecule has 0 spiro atoms. The summed E-state index contributed by atoms with van der Waals surface area (Å²) in [5.41, 5.74) is 0.919. The molecule has 1 rings (SSSR count). The lowest BCUT2D eigenvalue weighted by molar-refractivity contribution is 0.328. The monoisotopic (exact) mass is 242 g/mol. The van der Waals surface area contributed by atoms with Gasteiger partial charge in [0.15, 0.2) is 11.5 Å². The molecule has 0 heterocycles. The average molecular weight is 243 g/mol. The van der Waals surface area contributed by atoms with E-state index < -0.39 is 0 Å². The van der Waals surface area contributed by atoms with Crippen molar-refractivity contribution in [1.29, 1.82) is 0 Å². The van der Waals surface area contributed by atoms with Crippen LogP contribution in [0, 0.1) is 0 Å². The third kappa shape index (κ3) is 3.11. The Morgan fingerprint density at radius 2 is 2.31 bits per heavy atom. The summed E-state index contributed by atoms with van der Waals surface area (Å²) in [6.07, 6.45) is 0. The Bertz CT molecular complexity index is 321. The summed E-state index contributed by atoms with van der Waals surface area (Å²) < 4.78 is 6.11. The van der Waals surface area contributed by atoms with Crippen molar-refractivity contribution < 1.29 is 9.84 Å². The van der Waals surface area contributed by atoms with Crippen LogP contribution in [0.1, 0.15) is 6.92 Å². The normalized spacial score (nSPS) is 9.69. The quantitative estimate of drug-likeness (QED) is 0.826. The fourth-order valence-electron chi connectivity index (χ4n) is 0.814. The van der Waals surface area contributed by atoms with E-state index in [0.29, 0.717) is 12.4 Å². The largest absolute Gasteiger partial charge is 0.504 e.